The summed E-state index contributed by atoms with van der Waals surface area (Å²) in [7, 11) is 0. The molecule has 2 N–H and O–H groups in total. The van der Waals surface area contributed by atoms with Crippen LogP contribution >= 0.6 is 12.6 Å². The SMILES string of the molecule is OC(CS)C(O)c1cnc(N2CCCC2)nc1. The van der Waals surface area contributed by atoms with Gasteiger partial charge in [-0.2, -0.15) is 12.6 Å². The number of thiol groups is 1. The van der Waals surface area contributed by atoms with E-state index in [4.69, 9.17) is 0 Å². The van der Waals surface area contributed by atoms with Gasteiger partial charge in [-0.1, -0.05) is 0 Å². The molecule has 17 heavy (non-hydrogen) atoms. The molecular weight excluding hydrogens is 238 g/mol. The van der Waals surface area contributed by atoms with Crippen LogP contribution in [0.4, 0.5) is 5.95 Å². The second kappa shape index (κ2) is 5.66. The highest BCUT2D eigenvalue weighted by atomic mass is 32.1. The van der Waals surface area contributed by atoms with E-state index in [1.54, 1.807) is 12.4 Å². The third-order valence-electron chi connectivity index (χ3n) is 2.94. The molecule has 6 heteroatoms. The van der Waals surface area contributed by atoms with Gasteiger partial charge in [0.15, 0.2) is 0 Å². The molecule has 0 bridgehead atoms. The van der Waals surface area contributed by atoms with Gasteiger partial charge in [0.2, 0.25) is 5.95 Å². The van der Waals surface area contributed by atoms with Crippen molar-refractivity contribution in [2.24, 2.45) is 0 Å². The fraction of sp³-hybridized carbons (Fsp3) is 0.636. The molecular formula is C11H17N3O2S. The van der Waals surface area contributed by atoms with E-state index in [-0.39, 0.29) is 5.75 Å². The molecule has 1 saturated heterocycles. The minimum Gasteiger partial charge on any atom is -0.389 e. The van der Waals surface area contributed by atoms with Gasteiger partial charge in [-0.25, -0.2) is 9.97 Å². The Morgan fingerprint density at radius 1 is 1.24 bits per heavy atom. The van der Waals surface area contributed by atoms with Gasteiger partial charge < -0.3 is 15.1 Å². The summed E-state index contributed by atoms with van der Waals surface area (Å²) in [6, 6.07) is 0. The van der Waals surface area contributed by atoms with Crippen molar-refractivity contribution in [3.05, 3.63) is 18.0 Å². The molecule has 2 unspecified atom stereocenters. The smallest absolute Gasteiger partial charge is 0.225 e. The van der Waals surface area contributed by atoms with Crippen molar-refractivity contribution >= 4 is 18.6 Å². The van der Waals surface area contributed by atoms with Gasteiger partial charge >= 0.3 is 0 Å². The molecule has 5 nitrogen and oxygen atoms in total. The van der Waals surface area contributed by atoms with Crippen LogP contribution in [0, 0.1) is 0 Å². The Kier molecular flexibility index (Phi) is 4.20. The van der Waals surface area contributed by atoms with Crippen LogP contribution in [0.1, 0.15) is 24.5 Å². The molecule has 0 saturated carbocycles. The summed E-state index contributed by atoms with van der Waals surface area (Å²) in [5.74, 6) is 0.897. The minimum atomic E-state index is -0.972. The zero-order valence-electron chi connectivity index (χ0n) is 9.53. The van der Waals surface area contributed by atoms with Crippen LogP contribution in [0.5, 0.6) is 0 Å². The zero-order chi connectivity index (χ0) is 12.3. The first kappa shape index (κ1) is 12.6. The molecule has 0 spiro atoms. The second-order valence-electron chi connectivity index (χ2n) is 4.21. The maximum Gasteiger partial charge on any atom is 0.225 e. The molecule has 0 radical (unpaired) electrons. The van der Waals surface area contributed by atoms with Crippen molar-refractivity contribution in [2.75, 3.05) is 23.7 Å². The number of anilines is 1. The first-order chi connectivity index (χ1) is 8.22. The van der Waals surface area contributed by atoms with Crippen molar-refractivity contribution in [3.63, 3.8) is 0 Å². The van der Waals surface area contributed by atoms with Gasteiger partial charge in [-0.3, -0.25) is 0 Å². The fourth-order valence-corrected chi connectivity index (χ4v) is 2.09. The summed E-state index contributed by atoms with van der Waals surface area (Å²) in [5, 5.41) is 19.2. The molecule has 1 fully saturated rings. The van der Waals surface area contributed by atoms with E-state index < -0.39 is 12.2 Å². The van der Waals surface area contributed by atoms with E-state index in [1.165, 1.54) is 12.8 Å². The number of aliphatic hydroxyl groups excluding tert-OH is 2. The lowest BCUT2D eigenvalue weighted by molar-refractivity contribution is 0.0333. The Hall–Kier alpha value is -0.850. The molecule has 1 aromatic rings. The third kappa shape index (κ3) is 2.88. The van der Waals surface area contributed by atoms with Gasteiger partial charge in [-0.05, 0) is 12.8 Å². The van der Waals surface area contributed by atoms with Crippen molar-refractivity contribution in [1.29, 1.82) is 0 Å². The summed E-state index contributed by atoms with van der Waals surface area (Å²) in [4.78, 5) is 10.6. The first-order valence-electron chi connectivity index (χ1n) is 5.76. The molecule has 2 rings (SSSR count). The Bertz CT molecular complexity index is 354. The Balaban J connectivity index is 2.06. The van der Waals surface area contributed by atoms with Crippen LogP contribution in [-0.4, -0.2) is 45.1 Å². The lowest BCUT2D eigenvalue weighted by Crippen LogP contribution is -2.22. The molecule has 0 aromatic carbocycles. The topological polar surface area (TPSA) is 69.5 Å². The number of aliphatic hydroxyl groups is 2. The molecule has 1 aliphatic rings. The van der Waals surface area contributed by atoms with E-state index in [9.17, 15) is 10.2 Å². The zero-order valence-corrected chi connectivity index (χ0v) is 10.4. The normalized spacial score (nSPS) is 19.4. The largest absolute Gasteiger partial charge is 0.389 e. The Morgan fingerprint density at radius 2 is 1.82 bits per heavy atom. The van der Waals surface area contributed by atoms with Crippen LogP contribution in [-0.2, 0) is 0 Å². The second-order valence-corrected chi connectivity index (χ2v) is 4.57. The predicted molar refractivity (Wildman–Crippen MR) is 68.3 cm³/mol. The van der Waals surface area contributed by atoms with E-state index in [0.29, 0.717) is 11.5 Å². The van der Waals surface area contributed by atoms with Crippen molar-refractivity contribution in [1.82, 2.24) is 9.97 Å². The van der Waals surface area contributed by atoms with Crippen LogP contribution in [0.15, 0.2) is 12.4 Å². The van der Waals surface area contributed by atoms with Crippen molar-refractivity contribution in [3.8, 4) is 0 Å². The average Bonchev–Trinajstić information content (AvgIpc) is 2.91. The molecule has 94 valence electrons. The minimum absolute atomic E-state index is 0.203. The molecule has 0 amide bonds. The van der Waals surface area contributed by atoms with Crippen LogP contribution in [0.2, 0.25) is 0 Å². The van der Waals surface area contributed by atoms with Gasteiger partial charge in [0.05, 0.1) is 6.10 Å². The average molecular weight is 255 g/mol. The maximum atomic E-state index is 9.75. The van der Waals surface area contributed by atoms with Crippen LogP contribution in [0.3, 0.4) is 0 Å². The monoisotopic (exact) mass is 255 g/mol. The summed E-state index contributed by atoms with van der Waals surface area (Å²) < 4.78 is 0. The third-order valence-corrected chi connectivity index (χ3v) is 3.31. The predicted octanol–water partition coefficient (Wildman–Crippen LogP) is 0.401. The molecule has 2 atom stereocenters. The summed E-state index contributed by atoms with van der Waals surface area (Å²) in [6.07, 6.45) is 3.62. The molecule has 1 aromatic heterocycles. The van der Waals surface area contributed by atoms with Gasteiger partial charge in [0, 0.05) is 36.8 Å². The first-order valence-corrected chi connectivity index (χ1v) is 6.39. The van der Waals surface area contributed by atoms with Crippen molar-refractivity contribution < 1.29 is 10.2 Å². The fourth-order valence-electron chi connectivity index (χ4n) is 1.89. The summed E-state index contributed by atoms with van der Waals surface area (Å²) in [6.45, 7) is 1.97. The number of rotatable bonds is 4. The highest BCUT2D eigenvalue weighted by Gasteiger charge is 2.19. The van der Waals surface area contributed by atoms with Crippen LogP contribution in [0.25, 0.3) is 0 Å². The number of hydrogen-bond acceptors (Lipinski definition) is 6. The summed E-state index contributed by atoms with van der Waals surface area (Å²) in [5.41, 5.74) is 0.523. The lowest BCUT2D eigenvalue weighted by Gasteiger charge is -2.18. The molecule has 2 heterocycles. The van der Waals surface area contributed by atoms with Gasteiger partial charge in [0.25, 0.3) is 0 Å². The lowest BCUT2D eigenvalue weighted by atomic mass is 10.1. The quantitative estimate of drug-likeness (QED) is 0.680. The number of nitrogens with zero attached hydrogens (tertiary/aromatic N) is 3. The van der Waals surface area contributed by atoms with E-state index in [1.807, 2.05) is 0 Å². The standard InChI is InChI=1S/C11H17N3O2S/c15-9(7-17)10(16)8-5-12-11(13-6-8)14-3-1-2-4-14/h5-6,9-10,15-17H,1-4,7H2. The highest BCUT2D eigenvalue weighted by molar-refractivity contribution is 7.80. The number of aromatic nitrogens is 2. The molecule has 1 aliphatic heterocycles. The van der Waals surface area contributed by atoms with Crippen molar-refractivity contribution in [2.45, 2.75) is 25.0 Å². The van der Waals surface area contributed by atoms with E-state index in [2.05, 4.69) is 27.5 Å². The summed E-state index contributed by atoms with van der Waals surface area (Å²) >= 11 is 3.94. The number of hydrogen-bond donors (Lipinski definition) is 3. The van der Waals surface area contributed by atoms with Crippen LogP contribution < -0.4 is 4.90 Å². The van der Waals surface area contributed by atoms with Gasteiger partial charge in [-0.15, -0.1) is 0 Å². The van der Waals surface area contributed by atoms with Gasteiger partial charge in [0.1, 0.15) is 6.10 Å². The van der Waals surface area contributed by atoms with E-state index >= 15 is 0 Å². The highest BCUT2D eigenvalue weighted by Crippen LogP contribution is 2.19. The Morgan fingerprint density at radius 3 is 2.35 bits per heavy atom. The maximum absolute atomic E-state index is 9.75. The van der Waals surface area contributed by atoms with E-state index in [0.717, 1.165) is 13.1 Å². The Labute approximate surface area is 106 Å². The molecule has 0 aliphatic carbocycles.